The van der Waals surface area contributed by atoms with Gasteiger partial charge in [0, 0.05) is 0 Å². The Hall–Kier alpha value is -1.95. The molecule has 6 heteroatoms. The van der Waals surface area contributed by atoms with Crippen LogP contribution in [-0.4, -0.2) is 0 Å². The lowest BCUT2D eigenvalue weighted by Gasteiger charge is -2.15. The van der Waals surface area contributed by atoms with Crippen LogP contribution in [0.4, 0.5) is 22.0 Å². The van der Waals surface area contributed by atoms with E-state index in [9.17, 15) is 22.0 Å². The summed E-state index contributed by atoms with van der Waals surface area (Å²) in [5, 5.41) is 0. The maximum absolute atomic E-state index is 13.5. The van der Waals surface area contributed by atoms with Gasteiger partial charge >= 0.3 is 0 Å². The summed E-state index contributed by atoms with van der Waals surface area (Å²) >= 11 is 0. The van der Waals surface area contributed by atoms with E-state index in [4.69, 9.17) is 5.73 Å². The molecule has 0 saturated carbocycles. The molecule has 0 aromatic heterocycles. The van der Waals surface area contributed by atoms with Crippen LogP contribution in [0.15, 0.2) is 30.3 Å². The lowest BCUT2D eigenvalue weighted by molar-refractivity contribution is 0.367. The molecule has 0 aliphatic carbocycles. The molecule has 1 nitrogen and oxygen atoms in total. The minimum Gasteiger partial charge on any atom is -0.320 e. The van der Waals surface area contributed by atoms with Gasteiger partial charge < -0.3 is 5.73 Å². The third-order valence-electron chi connectivity index (χ3n) is 2.71. The van der Waals surface area contributed by atoms with Crippen molar-refractivity contribution in [3.63, 3.8) is 0 Å². The maximum Gasteiger partial charge on any atom is 0.200 e. The van der Waals surface area contributed by atoms with Crippen LogP contribution in [0.5, 0.6) is 0 Å². The SMILES string of the molecule is NC(c1ccccc1)c1c(F)c(F)c(F)c(F)c1F. The van der Waals surface area contributed by atoms with Crippen molar-refractivity contribution < 1.29 is 22.0 Å². The highest BCUT2D eigenvalue weighted by Crippen LogP contribution is 2.29. The molecule has 100 valence electrons. The van der Waals surface area contributed by atoms with Crippen molar-refractivity contribution in [1.29, 1.82) is 0 Å². The van der Waals surface area contributed by atoms with Gasteiger partial charge in [-0.1, -0.05) is 30.3 Å². The second-order valence-electron chi connectivity index (χ2n) is 3.87. The van der Waals surface area contributed by atoms with Crippen LogP contribution in [0.25, 0.3) is 0 Å². The second kappa shape index (κ2) is 4.97. The third kappa shape index (κ3) is 2.19. The molecule has 1 atom stereocenters. The van der Waals surface area contributed by atoms with Gasteiger partial charge in [0.2, 0.25) is 5.82 Å². The Morgan fingerprint density at radius 1 is 0.684 bits per heavy atom. The molecule has 0 amide bonds. The lowest BCUT2D eigenvalue weighted by Crippen LogP contribution is -2.19. The van der Waals surface area contributed by atoms with Gasteiger partial charge in [-0.3, -0.25) is 0 Å². The highest BCUT2D eigenvalue weighted by atomic mass is 19.2. The molecule has 1 unspecified atom stereocenters. The van der Waals surface area contributed by atoms with Crippen LogP contribution >= 0.6 is 0 Å². The number of benzene rings is 2. The van der Waals surface area contributed by atoms with Crippen molar-refractivity contribution in [1.82, 2.24) is 0 Å². The van der Waals surface area contributed by atoms with Crippen LogP contribution in [0.2, 0.25) is 0 Å². The van der Waals surface area contributed by atoms with Crippen LogP contribution < -0.4 is 5.73 Å². The van der Waals surface area contributed by atoms with Crippen molar-refractivity contribution >= 4 is 0 Å². The van der Waals surface area contributed by atoms with Crippen molar-refractivity contribution in [2.45, 2.75) is 6.04 Å². The first-order valence-electron chi connectivity index (χ1n) is 5.27. The number of halogens is 5. The molecular weight excluding hydrogens is 265 g/mol. The molecule has 0 spiro atoms. The standard InChI is InChI=1S/C13H8F5N/c14-8-7(9(15)11(17)12(18)10(8)16)13(19)6-4-2-1-3-5-6/h1-5,13H,19H2. The van der Waals surface area contributed by atoms with E-state index < -0.39 is 40.7 Å². The maximum atomic E-state index is 13.5. The molecule has 0 heterocycles. The summed E-state index contributed by atoms with van der Waals surface area (Å²) in [6, 6.07) is 6.15. The fraction of sp³-hybridized carbons (Fsp3) is 0.0769. The highest BCUT2D eigenvalue weighted by molar-refractivity contribution is 5.34. The monoisotopic (exact) mass is 273 g/mol. The summed E-state index contributed by atoms with van der Waals surface area (Å²) in [7, 11) is 0. The predicted octanol–water partition coefficient (Wildman–Crippen LogP) is 3.43. The molecule has 2 N–H and O–H groups in total. The Bertz CT molecular complexity index is 583. The smallest absolute Gasteiger partial charge is 0.200 e. The molecule has 0 radical (unpaired) electrons. The molecule has 0 saturated heterocycles. The fourth-order valence-corrected chi connectivity index (χ4v) is 1.72. The molecule has 0 fully saturated rings. The minimum atomic E-state index is -2.20. The number of hydrogen-bond donors (Lipinski definition) is 1. The highest BCUT2D eigenvalue weighted by Gasteiger charge is 2.29. The van der Waals surface area contributed by atoms with Gasteiger partial charge in [0.05, 0.1) is 11.6 Å². The van der Waals surface area contributed by atoms with Gasteiger partial charge in [0.25, 0.3) is 0 Å². The summed E-state index contributed by atoms with van der Waals surface area (Å²) < 4.78 is 66.1. The average Bonchev–Trinajstić information content (AvgIpc) is 2.44. The topological polar surface area (TPSA) is 26.0 Å². The molecule has 0 aliphatic heterocycles. The van der Waals surface area contributed by atoms with Gasteiger partial charge in [-0.05, 0) is 5.56 Å². The van der Waals surface area contributed by atoms with Crippen LogP contribution in [0.3, 0.4) is 0 Å². The Kier molecular flexibility index (Phi) is 3.53. The predicted molar refractivity (Wildman–Crippen MR) is 58.7 cm³/mol. The lowest BCUT2D eigenvalue weighted by atomic mass is 9.98. The van der Waals surface area contributed by atoms with Crippen LogP contribution in [0.1, 0.15) is 17.2 Å². The van der Waals surface area contributed by atoms with E-state index in [0.29, 0.717) is 0 Å². The zero-order valence-corrected chi connectivity index (χ0v) is 9.43. The summed E-state index contributed by atoms with van der Waals surface area (Å²) in [6.07, 6.45) is 0. The van der Waals surface area contributed by atoms with Crippen molar-refractivity contribution in [2.75, 3.05) is 0 Å². The van der Waals surface area contributed by atoms with Crippen molar-refractivity contribution in [3.05, 3.63) is 70.5 Å². The molecule has 0 bridgehead atoms. The van der Waals surface area contributed by atoms with Crippen molar-refractivity contribution in [2.24, 2.45) is 5.73 Å². The van der Waals surface area contributed by atoms with Gasteiger partial charge in [-0.2, -0.15) is 0 Å². The molecule has 2 aromatic rings. The van der Waals surface area contributed by atoms with E-state index >= 15 is 0 Å². The average molecular weight is 273 g/mol. The fourth-order valence-electron chi connectivity index (χ4n) is 1.72. The second-order valence-corrected chi connectivity index (χ2v) is 3.87. The summed E-state index contributed by atoms with van der Waals surface area (Å²) in [5.74, 6) is -10.0. The number of nitrogens with two attached hydrogens (primary N) is 1. The van der Waals surface area contributed by atoms with E-state index in [-0.39, 0.29) is 5.56 Å². The molecule has 2 rings (SSSR count). The molecule has 2 aromatic carbocycles. The number of rotatable bonds is 2. The van der Waals surface area contributed by atoms with E-state index in [2.05, 4.69) is 0 Å². The van der Waals surface area contributed by atoms with Gasteiger partial charge in [0.1, 0.15) is 0 Å². The van der Waals surface area contributed by atoms with E-state index in [1.807, 2.05) is 0 Å². The van der Waals surface area contributed by atoms with Crippen LogP contribution in [-0.2, 0) is 0 Å². The Labute approximate surface area is 105 Å². The minimum absolute atomic E-state index is 0.241. The number of hydrogen-bond acceptors (Lipinski definition) is 1. The largest absolute Gasteiger partial charge is 0.320 e. The Morgan fingerprint density at radius 2 is 1.11 bits per heavy atom. The zero-order chi connectivity index (χ0) is 14.2. The first-order chi connectivity index (χ1) is 8.95. The summed E-state index contributed by atoms with van der Waals surface area (Å²) in [6.45, 7) is 0. The zero-order valence-electron chi connectivity index (χ0n) is 9.43. The van der Waals surface area contributed by atoms with E-state index in [1.54, 1.807) is 18.2 Å². The summed E-state index contributed by atoms with van der Waals surface area (Å²) in [4.78, 5) is 0. The molecule has 19 heavy (non-hydrogen) atoms. The molecule has 0 aliphatic rings. The quantitative estimate of drug-likeness (QED) is 0.506. The normalized spacial score (nSPS) is 12.5. The van der Waals surface area contributed by atoms with Gasteiger partial charge in [-0.15, -0.1) is 0 Å². The first kappa shape index (κ1) is 13.5. The van der Waals surface area contributed by atoms with Gasteiger partial charge in [0.15, 0.2) is 23.3 Å². The molecular formula is C13H8F5N. The van der Waals surface area contributed by atoms with E-state index in [1.165, 1.54) is 12.1 Å². The van der Waals surface area contributed by atoms with E-state index in [0.717, 1.165) is 0 Å². The first-order valence-corrected chi connectivity index (χ1v) is 5.27. The van der Waals surface area contributed by atoms with Crippen LogP contribution in [0, 0.1) is 29.1 Å². The third-order valence-corrected chi connectivity index (χ3v) is 2.71. The van der Waals surface area contributed by atoms with Crippen molar-refractivity contribution in [3.8, 4) is 0 Å². The van der Waals surface area contributed by atoms with Gasteiger partial charge in [-0.25, -0.2) is 22.0 Å². The Morgan fingerprint density at radius 3 is 1.58 bits per heavy atom. The summed E-state index contributed by atoms with van der Waals surface area (Å²) in [5.41, 5.74) is 4.77. The Balaban J connectivity index is 2.64.